The summed E-state index contributed by atoms with van der Waals surface area (Å²) in [6.45, 7) is 4.03. The van der Waals surface area contributed by atoms with Crippen LogP contribution in [0.3, 0.4) is 0 Å². The van der Waals surface area contributed by atoms with Crippen LogP contribution in [0.1, 0.15) is 35.5 Å². The minimum absolute atomic E-state index is 0.165. The molecule has 0 aliphatic heterocycles. The van der Waals surface area contributed by atoms with Crippen molar-refractivity contribution >= 4 is 33.3 Å². The average Bonchev–Trinajstić information content (AvgIpc) is 2.76. The highest BCUT2D eigenvalue weighted by molar-refractivity contribution is 7.20. The van der Waals surface area contributed by atoms with E-state index < -0.39 is 5.82 Å². The summed E-state index contributed by atoms with van der Waals surface area (Å²) in [5.74, 6) is -0.410. The number of hydrogen-bond donors (Lipinski definition) is 0. The van der Waals surface area contributed by atoms with E-state index >= 15 is 0 Å². The Kier molecular flexibility index (Phi) is 4.27. The predicted octanol–water partition coefficient (Wildman–Crippen LogP) is 5.22. The van der Waals surface area contributed by atoms with E-state index in [0.717, 1.165) is 22.3 Å². The summed E-state index contributed by atoms with van der Waals surface area (Å²) in [4.78, 5) is 10.9. The monoisotopic (exact) mass is 274 g/mol. The molecule has 1 aromatic carbocycles. The van der Waals surface area contributed by atoms with Crippen LogP contribution in [0.4, 0.5) is 4.39 Å². The fraction of sp³-hybridized carbons (Fsp3) is 0.188. The summed E-state index contributed by atoms with van der Waals surface area (Å²) < 4.78 is 14.8. The van der Waals surface area contributed by atoms with Crippen LogP contribution in [-0.4, -0.2) is 6.29 Å². The molecule has 0 atom stereocenters. The maximum absolute atomic E-state index is 14.0. The lowest BCUT2D eigenvalue weighted by molar-refractivity contribution is 0.112. The quantitative estimate of drug-likeness (QED) is 0.551. The number of halogens is 1. The van der Waals surface area contributed by atoms with Gasteiger partial charge in [-0.25, -0.2) is 4.39 Å². The van der Waals surface area contributed by atoms with E-state index in [2.05, 4.69) is 13.0 Å². The zero-order valence-corrected chi connectivity index (χ0v) is 11.8. The van der Waals surface area contributed by atoms with Crippen molar-refractivity contribution in [3.8, 4) is 0 Å². The second kappa shape index (κ2) is 5.93. The Labute approximate surface area is 116 Å². The summed E-state index contributed by atoms with van der Waals surface area (Å²) in [7, 11) is 0. The molecule has 0 spiro atoms. The average molecular weight is 274 g/mol. The first-order valence-corrected chi connectivity index (χ1v) is 7.03. The van der Waals surface area contributed by atoms with Gasteiger partial charge >= 0.3 is 0 Å². The predicted molar refractivity (Wildman–Crippen MR) is 80.3 cm³/mol. The Balaban J connectivity index is 2.54. The Hall–Kier alpha value is -1.74. The summed E-state index contributed by atoms with van der Waals surface area (Å²) in [5.41, 5.74) is 2.02. The minimum Gasteiger partial charge on any atom is -0.297 e. The van der Waals surface area contributed by atoms with Gasteiger partial charge < -0.3 is 0 Å². The van der Waals surface area contributed by atoms with Crippen molar-refractivity contribution < 1.29 is 9.18 Å². The van der Waals surface area contributed by atoms with Crippen LogP contribution < -0.4 is 0 Å². The van der Waals surface area contributed by atoms with Crippen molar-refractivity contribution in [1.82, 2.24) is 0 Å². The molecule has 2 rings (SSSR count). The number of fused-ring (bicyclic) bond motifs is 1. The third-order valence-corrected chi connectivity index (χ3v) is 4.01. The number of carbonyl (C=O) groups is 1. The number of thiophene rings is 1. The maximum atomic E-state index is 14.0. The van der Waals surface area contributed by atoms with E-state index in [4.69, 9.17) is 0 Å². The van der Waals surface area contributed by atoms with Crippen LogP contribution in [0, 0.1) is 5.82 Å². The number of aldehydes is 1. The van der Waals surface area contributed by atoms with Crippen LogP contribution in [0.5, 0.6) is 0 Å². The molecule has 19 heavy (non-hydrogen) atoms. The van der Waals surface area contributed by atoms with Crippen molar-refractivity contribution in [2.24, 2.45) is 0 Å². The van der Waals surface area contributed by atoms with E-state index in [9.17, 15) is 9.18 Å². The lowest BCUT2D eigenvalue weighted by Gasteiger charge is -2.02. The maximum Gasteiger partial charge on any atom is 0.163 e. The molecular weight excluding hydrogens is 259 g/mol. The summed E-state index contributed by atoms with van der Waals surface area (Å²) in [5, 5.41) is 0.522. The molecule has 0 unspecified atom stereocenters. The zero-order valence-electron chi connectivity index (χ0n) is 10.9. The van der Waals surface area contributed by atoms with Crippen LogP contribution in [0.25, 0.3) is 15.7 Å². The van der Waals surface area contributed by atoms with Crippen molar-refractivity contribution in [2.45, 2.75) is 20.3 Å². The highest BCUT2D eigenvalue weighted by atomic mass is 32.1. The fourth-order valence-electron chi connectivity index (χ4n) is 1.95. The van der Waals surface area contributed by atoms with E-state index in [-0.39, 0.29) is 4.88 Å². The molecule has 0 fully saturated rings. The molecule has 2 aromatic rings. The molecule has 0 bridgehead atoms. The smallest absolute Gasteiger partial charge is 0.163 e. The molecule has 0 aliphatic rings. The van der Waals surface area contributed by atoms with E-state index in [1.807, 2.05) is 37.3 Å². The Morgan fingerprint density at radius 2 is 2.21 bits per heavy atom. The van der Waals surface area contributed by atoms with Crippen molar-refractivity contribution in [2.75, 3.05) is 0 Å². The lowest BCUT2D eigenvalue weighted by atomic mass is 10.0. The third kappa shape index (κ3) is 2.66. The molecule has 1 nitrogen and oxygen atoms in total. The summed E-state index contributed by atoms with van der Waals surface area (Å²) in [6.07, 6.45) is 7.64. The largest absolute Gasteiger partial charge is 0.297 e. The summed E-state index contributed by atoms with van der Waals surface area (Å²) in [6, 6.07) is 5.64. The van der Waals surface area contributed by atoms with Crippen LogP contribution in [0.2, 0.25) is 0 Å². The second-order valence-corrected chi connectivity index (χ2v) is 5.25. The first kappa shape index (κ1) is 13.7. The van der Waals surface area contributed by atoms with E-state index in [1.54, 1.807) is 0 Å². The topological polar surface area (TPSA) is 17.1 Å². The molecule has 0 saturated heterocycles. The number of allylic oxidation sites excluding steroid dienone is 4. The highest BCUT2D eigenvalue weighted by Gasteiger charge is 2.12. The molecule has 0 aliphatic carbocycles. The number of hydrogen-bond acceptors (Lipinski definition) is 2. The van der Waals surface area contributed by atoms with Gasteiger partial charge in [0.05, 0.1) is 0 Å². The van der Waals surface area contributed by atoms with Gasteiger partial charge in [-0.05, 0) is 36.6 Å². The van der Waals surface area contributed by atoms with E-state index in [0.29, 0.717) is 11.7 Å². The highest BCUT2D eigenvalue weighted by Crippen LogP contribution is 2.31. The van der Waals surface area contributed by atoms with Crippen molar-refractivity contribution in [3.05, 3.63) is 52.7 Å². The SMILES string of the molecule is C/C=C(\C=C/CC)c1ccc2sc(C=O)c(F)c2c1. The first-order valence-electron chi connectivity index (χ1n) is 6.21. The third-order valence-electron chi connectivity index (χ3n) is 2.94. The fourth-order valence-corrected chi connectivity index (χ4v) is 2.82. The van der Waals surface area contributed by atoms with Crippen LogP contribution >= 0.6 is 11.3 Å². The lowest BCUT2D eigenvalue weighted by Crippen LogP contribution is -1.82. The van der Waals surface area contributed by atoms with Gasteiger partial charge in [-0.3, -0.25) is 4.79 Å². The van der Waals surface area contributed by atoms with Gasteiger partial charge in [0.25, 0.3) is 0 Å². The first-order chi connectivity index (χ1) is 9.21. The van der Waals surface area contributed by atoms with Gasteiger partial charge in [-0.2, -0.15) is 0 Å². The molecule has 0 N–H and O–H groups in total. The van der Waals surface area contributed by atoms with Gasteiger partial charge in [0.2, 0.25) is 0 Å². The molecule has 0 radical (unpaired) electrons. The molecule has 1 aromatic heterocycles. The zero-order chi connectivity index (χ0) is 13.8. The van der Waals surface area contributed by atoms with Gasteiger partial charge in [0, 0.05) is 10.1 Å². The Morgan fingerprint density at radius 1 is 1.42 bits per heavy atom. The molecular formula is C16H15FOS. The number of benzene rings is 1. The Bertz CT molecular complexity index is 665. The van der Waals surface area contributed by atoms with Crippen molar-refractivity contribution in [3.63, 3.8) is 0 Å². The molecule has 3 heteroatoms. The van der Waals surface area contributed by atoms with Crippen molar-refractivity contribution in [1.29, 1.82) is 0 Å². The molecule has 1 heterocycles. The van der Waals surface area contributed by atoms with Crippen LogP contribution in [-0.2, 0) is 0 Å². The number of rotatable bonds is 4. The van der Waals surface area contributed by atoms with Gasteiger partial charge in [-0.1, -0.05) is 31.2 Å². The van der Waals surface area contributed by atoms with Gasteiger partial charge in [0.15, 0.2) is 12.1 Å². The summed E-state index contributed by atoms with van der Waals surface area (Å²) >= 11 is 1.19. The molecule has 0 saturated carbocycles. The number of carbonyl (C=O) groups excluding carboxylic acids is 1. The van der Waals surface area contributed by atoms with Gasteiger partial charge in [-0.15, -0.1) is 11.3 Å². The molecule has 0 amide bonds. The minimum atomic E-state index is -0.410. The second-order valence-electron chi connectivity index (χ2n) is 4.16. The Morgan fingerprint density at radius 3 is 2.84 bits per heavy atom. The normalized spacial score (nSPS) is 12.5. The standard InChI is InChI=1S/C16H15FOS/c1-3-5-6-11(4-2)12-7-8-14-13(9-12)16(17)15(10-18)19-14/h4-10H,3H2,1-2H3/b6-5-,11-4+. The van der Waals surface area contributed by atoms with Crippen LogP contribution in [0.15, 0.2) is 36.4 Å². The van der Waals surface area contributed by atoms with E-state index in [1.165, 1.54) is 11.3 Å². The van der Waals surface area contributed by atoms with Gasteiger partial charge in [0.1, 0.15) is 4.88 Å². The molecule has 98 valence electrons.